The Hall–Kier alpha value is -1.04. The third-order valence-corrected chi connectivity index (χ3v) is 3.46. The van der Waals surface area contributed by atoms with Crippen LogP contribution in [-0.4, -0.2) is 36.3 Å². The number of carbonyl (C=O) groups excluding carboxylic acids is 1. The summed E-state index contributed by atoms with van der Waals surface area (Å²) in [5.41, 5.74) is 1.03. The average Bonchev–Trinajstić information content (AvgIpc) is 2.36. The average molecular weight is 266 g/mol. The van der Waals surface area contributed by atoms with Gasteiger partial charge in [0.15, 0.2) is 0 Å². The Bertz CT molecular complexity index is 380. The normalized spacial score (nSPS) is 16.3. The van der Waals surface area contributed by atoms with E-state index in [-0.39, 0.29) is 11.9 Å². The monoisotopic (exact) mass is 266 g/mol. The van der Waals surface area contributed by atoms with Gasteiger partial charge in [0.2, 0.25) is 0 Å². The van der Waals surface area contributed by atoms with Crippen LogP contribution in [0.25, 0.3) is 0 Å². The summed E-state index contributed by atoms with van der Waals surface area (Å²) in [5.74, 6) is 0.859. The first kappa shape index (κ1) is 13.4. The molecule has 18 heavy (non-hydrogen) atoms. The molecule has 1 fully saturated rings. The molecule has 0 bridgehead atoms. The van der Waals surface area contributed by atoms with E-state index in [4.69, 9.17) is 9.88 Å². The van der Waals surface area contributed by atoms with Crippen LogP contribution in [-0.2, 0) is 16.1 Å². The first-order chi connectivity index (χ1) is 8.79. The quantitative estimate of drug-likeness (QED) is 0.621. The van der Waals surface area contributed by atoms with E-state index in [2.05, 4.69) is 4.90 Å². The van der Waals surface area contributed by atoms with Crippen molar-refractivity contribution in [3.63, 3.8) is 0 Å². The fourth-order valence-electron chi connectivity index (χ4n) is 1.93. The maximum atomic E-state index is 11.7. The molecule has 1 aliphatic heterocycles. The molecule has 0 amide bonds. The summed E-state index contributed by atoms with van der Waals surface area (Å²) >= 11 is 1.34. The summed E-state index contributed by atoms with van der Waals surface area (Å²) in [6.07, 6.45) is 0. The summed E-state index contributed by atoms with van der Waals surface area (Å²) in [6, 6.07) is 9.75. The highest BCUT2D eigenvalue weighted by atomic mass is 32.2. The molecule has 4 nitrogen and oxygen atoms in total. The zero-order valence-electron chi connectivity index (χ0n) is 10.2. The molecule has 1 aromatic carbocycles. The van der Waals surface area contributed by atoms with Crippen molar-refractivity contribution in [3.05, 3.63) is 35.9 Å². The number of carbonyl (C=O) groups is 1. The molecule has 0 atom stereocenters. The molecular weight excluding hydrogens is 248 g/mol. The van der Waals surface area contributed by atoms with E-state index in [0.29, 0.717) is 6.61 Å². The van der Waals surface area contributed by atoms with Gasteiger partial charge in [-0.1, -0.05) is 42.3 Å². The third-order valence-electron chi connectivity index (χ3n) is 3.04. The Morgan fingerprint density at radius 1 is 1.39 bits per heavy atom. The molecule has 2 N–H and O–H groups in total. The van der Waals surface area contributed by atoms with Gasteiger partial charge in [-0.3, -0.25) is 9.93 Å². The molecule has 98 valence electrons. The highest BCUT2D eigenvalue weighted by Crippen LogP contribution is 2.17. The fraction of sp³-hybridized carbons (Fsp3) is 0.462. The molecule has 1 aliphatic rings. The Labute approximate surface area is 112 Å². The minimum Gasteiger partial charge on any atom is -0.461 e. The maximum Gasteiger partial charge on any atom is 0.311 e. The van der Waals surface area contributed by atoms with Crippen LogP contribution in [0.5, 0.6) is 0 Å². The van der Waals surface area contributed by atoms with E-state index in [1.165, 1.54) is 11.9 Å². The van der Waals surface area contributed by atoms with E-state index in [0.717, 1.165) is 31.0 Å². The van der Waals surface area contributed by atoms with Gasteiger partial charge in [0.25, 0.3) is 0 Å². The van der Waals surface area contributed by atoms with E-state index >= 15 is 0 Å². The van der Waals surface area contributed by atoms with Crippen molar-refractivity contribution >= 4 is 17.9 Å². The Balaban J connectivity index is 1.65. The first-order valence-electron chi connectivity index (χ1n) is 6.04. The third kappa shape index (κ3) is 3.73. The van der Waals surface area contributed by atoms with Crippen LogP contribution in [0.3, 0.4) is 0 Å². The van der Waals surface area contributed by atoms with Crippen LogP contribution in [0.4, 0.5) is 0 Å². The molecule has 1 aromatic rings. The van der Waals surface area contributed by atoms with E-state index in [9.17, 15) is 4.79 Å². The van der Waals surface area contributed by atoms with Crippen LogP contribution in [0.1, 0.15) is 5.56 Å². The van der Waals surface area contributed by atoms with Crippen LogP contribution >= 0.6 is 11.9 Å². The lowest BCUT2D eigenvalue weighted by Crippen LogP contribution is -2.51. The number of likely N-dealkylation sites (tertiary alicyclic amines) is 1. The number of hydrogen-bond acceptors (Lipinski definition) is 5. The highest BCUT2D eigenvalue weighted by Gasteiger charge is 2.33. The largest absolute Gasteiger partial charge is 0.461 e. The van der Waals surface area contributed by atoms with E-state index in [1.54, 1.807) is 0 Å². The molecule has 2 rings (SSSR count). The fourth-order valence-corrected chi connectivity index (χ4v) is 2.29. The van der Waals surface area contributed by atoms with Crippen molar-refractivity contribution in [3.8, 4) is 0 Å². The lowest BCUT2D eigenvalue weighted by molar-refractivity contribution is -0.155. The Kier molecular flexibility index (Phi) is 5.04. The predicted octanol–water partition coefficient (Wildman–Crippen LogP) is 1.27. The Morgan fingerprint density at radius 2 is 2.11 bits per heavy atom. The van der Waals surface area contributed by atoms with Crippen molar-refractivity contribution in [1.82, 2.24) is 4.90 Å². The second-order valence-corrected chi connectivity index (χ2v) is 5.16. The van der Waals surface area contributed by atoms with Gasteiger partial charge < -0.3 is 9.64 Å². The lowest BCUT2D eigenvalue weighted by Gasteiger charge is -2.37. The molecule has 0 aromatic heterocycles. The smallest absolute Gasteiger partial charge is 0.311 e. The van der Waals surface area contributed by atoms with Crippen molar-refractivity contribution in [2.24, 2.45) is 11.1 Å². The van der Waals surface area contributed by atoms with Crippen LogP contribution in [0, 0.1) is 5.92 Å². The molecule has 0 radical (unpaired) electrons. The predicted molar refractivity (Wildman–Crippen MR) is 72.8 cm³/mol. The van der Waals surface area contributed by atoms with Crippen molar-refractivity contribution in [2.45, 2.75) is 6.61 Å². The van der Waals surface area contributed by atoms with Crippen LogP contribution in [0.2, 0.25) is 0 Å². The van der Waals surface area contributed by atoms with Gasteiger partial charge in [-0.05, 0) is 5.56 Å². The van der Waals surface area contributed by atoms with Gasteiger partial charge in [0.05, 0.1) is 5.92 Å². The SMILES string of the molecule is NSCCN1CC(C(=O)OCc2ccccc2)C1. The summed E-state index contributed by atoms with van der Waals surface area (Å²) in [4.78, 5) is 14.0. The number of benzene rings is 1. The van der Waals surface area contributed by atoms with Crippen molar-refractivity contribution in [1.29, 1.82) is 0 Å². The number of rotatable bonds is 6. The molecular formula is C13H18N2O2S. The van der Waals surface area contributed by atoms with Gasteiger partial charge in [-0.15, -0.1) is 0 Å². The summed E-state index contributed by atoms with van der Waals surface area (Å²) in [5, 5.41) is 5.36. The summed E-state index contributed by atoms with van der Waals surface area (Å²) < 4.78 is 5.29. The van der Waals surface area contributed by atoms with Gasteiger partial charge >= 0.3 is 5.97 Å². The maximum absolute atomic E-state index is 11.7. The zero-order chi connectivity index (χ0) is 12.8. The molecule has 0 spiro atoms. The van der Waals surface area contributed by atoms with E-state index in [1.807, 2.05) is 30.3 Å². The summed E-state index contributed by atoms with van der Waals surface area (Å²) in [7, 11) is 0. The minimum atomic E-state index is -0.0875. The van der Waals surface area contributed by atoms with Crippen molar-refractivity contribution in [2.75, 3.05) is 25.4 Å². The molecule has 1 saturated heterocycles. The lowest BCUT2D eigenvalue weighted by atomic mass is 10.0. The van der Waals surface area contributed by atoms with Gasteiger partial charge in [0.1, 0.15) is 6.61 Å². The van der Waals surface area contributed by atoms with Gasteiger partial charge in [-0.2, -0.15) is 0 Å². The number of hydrogen-bond donors (Lipinski definition) is 1. The highest BCUT2D eigenvalue weighted by molar-refractivity contribution is 7.97. The molecule has 0 unspecified atom stereocenters. The first-order valence-corrected chi connectivity index (χ1v) is 7.09. The van der Waals surface area contributed by atoms with Crippen LogP contribution < -0.4 is 5.14 Å². The molecule has 0 aliphatic carbocycles. The van der Waals surface area contributed by atoms with Gasteiger partial charge in [0, 0.05) is 25.4 Å². The van der Waals surface area contributed by atoms with Crippen LogP contribution in [0.15, 0.2) is 30.3 Å². The molecule has 5 heteroatoms. The zero-order valence-corrected chi connectivity index (χ0v) is 11.1. The molecule has 0 saturated carbocycles. The summed E-state index contributed by atoms with van der Waals surface area (Å²) in [6.45, 7) is 2.92. The van der Waals surface area contributed by atoms with Crippen molar-refractivity contribution < 1.29 is 9.53 Å². The molecule has 1 heterocycles. The second kappa shape index (κ2) is 6.78. The number of nitrogens with two attached hydrogens (primary N) is 1. The number of ether oxygens (including phenoxy) is 1. The Morgan fingerprint density at radius 3 is 2.78 bits per heavy atom. The van der Waals surface area contributed by atoms with E-state index < -0.39 is 0 Å². The topological polar surface area (TPSA) is 55.6 Å². The standard InChI is InChI=1S/C13H18N2O2S/c14-18-7-6-15-8-12(9-15)13(16)17-10-11-4-2-1-3-5-11/h1-5,12H,6-10,14H2. The minimum absolute atomic E-state index is 0.0384. The second-order valence-electron chi connectivity index (χ2n) is 4.42. The number of nitrogens with zero attached hydrogens (tertiary/aromatic N) is 1. The van der Waals surface area contributed by atoms with Gasteiger partial charge in [-0.25, -0.2) is 0 Å². The number of esters is 1.